The Labute approximate surface area is 185 Å². The van der Waals surface area contributed by atoms with Gasteiger partial charge in [0.2, 0.25) is 5.91 Å². The summed E-state index contributed by atoms with van der Waals surface area (Å²) in [6, 6.07) is 3.91. The normalized spacial score (nSPS) is 14.0. The SMILES string of the molecule is Cc1nc2c(C(N)=O)cnn2c(C)c1CCC(=O)NCc1ccnc(N2CCOCC2)c1. The lowest BCUT2D eigenvalue weighted by atomic mass is 10.1. The molecule has 0 unspecified atom stereocenters. The number of hydrogen-bond donors (Lipinski definition) is 2. The molecule has 0 saturated carbocycles. The van der Waals surface area contributed by atoms with Crippen molar-refractivity contribution in [1.82, 2.24) is 24.9 Å². The number of anilines is 1. The maximum absolute atomic E-state index is 12.5. The van der Waals surface area contributed by atoms with E-state index in [0.29, 0.717) is 38.2 Å². The van der Waals surface area contributed by atoms with Crippen molar-refractivity contribution < 1.29 is 14.3 Å². The largest absolute Gasteiger partial charge is 0.378 e. The number of aromatic nitrogens is 4. The highest BCUT2D eigenvalue weighted by molar-refractivity contribution is 5.98. The number of nitrogens with two attached hydrogens (primary N) is 1. The van der Waals surface area contributed by atoms with E-state index in [2.05, 4.69) is 25.3 Å². The molecule has 3 N–H and O–H groups in total. The van der Waals surface area contributed by atoms with Gasteiger partial charge in [-0.25, -0.2) is 14.5 Å². The van der Waals surface area contributed by atoms with Crippen molar-refractivity contribution >= 4 is 23.3 Å². The maximum Gasteiger partial charge on any atom is 0.254 e. The van der Waals surface area contributed by atoms with Crippen LogP contribution in [-0.4, -0.2) is 57.7 Å². The van der Waals surface area contributed by atoms with Gasteiger partial charge in [-0.3, -0.25) is 9.59 Å². The Kier molecular flexibility index (Phi) is 6.31. The fraction of sp³-hybridized carbons (Fsp3) is 0.409. The summed E-state index contributed by atoms with van der Waals surface area (Å²) in [4.78, 5) is 35.2. The Morgan fingerprint density at radius 1 is 1.25 bits per heavy atom. The van der Waals surface area contributed by atoms with Crippen molar-refractivity contribution in [3.05, 3.63) is 52.6 Å². The van der Waals surface area contributed by atoms with E-state index in [-0.39, 0.29) is 11.5 Å². The average Bonchev–Trinajstić information content (AvgIpc) is 3.22. The Morgan fingerprint density at radius 3 is 2.78 bits per heavy atom. The van der Waals surface area contributed by atoms with Crippen LogP contribution >= 0.6 is 0 Å². The number of nitrogens with one attached hydrogen (secondary N) is 1. The number of pyridine rings is 1. The van der Waals surface area contributed by atoms with Crippen LogP contribution in [0, 0.1) is 13.8 Å². The molecule has 2 amide bonds. The number of hydrogen-bond acceptors (Lipinski definition) is 7. The molecule has 10 heteroatoms. The van der Waals surface area contributed by atoms with Gasteiger partial charge in [0.15, 0.2) is 5.65 Å². The molecule has 0 bridgehead atoms. The third-order valence-corrected chi connectivity index (χ3v) is 5.71. The number of morpholine rings is 1. The first-order valence-corrected chi connectivity index (χ1v) is 10.6. The Hall–Kier alpha value is -3.53. The van der Waals surface area contributed by atoms with E-state index in [0.717, 1.165) is 41.4 Å². The number of carbonyl (C=O) groups excluding carboxylic acids is 2. The second kappa shape index (κ2) is 9.31. The molecule has 0 aromatic carbocycles. The topological polar surface area (TPSA) is 128 Å². The minimum Gasteiger partial charge on any atom is -0.378 e. The minimum absolute atomic E-state index is 0.0491. The van der Waals surface area contributed by atoms with Crippen LogP contribution in [0.1, 0.15) is 39.3 Å². The molecule has 4 rings (SSSR count). The van der Waals surface area contributed by atoms with E-state index in [4.69, 9.17) is 10.5 Å². The van der Waals surface area contributed by atoms with Crippen molar-refractivity contribution in [2.75, 3.05) is 31.2 Å². The van der Waals surface area contributed by atoms with Crippen molar-refractivity contribution in [1.29, 1.82) is 0 Å². The molecule has 1 aliphatic rings. The zero-order valence-corrected chi connectivity index (χ0v) is 18.3. The quantitative estimate of drug-likeness (QED) is 0.563. The number of ether oxygens (including phenoxy) is 1. The number of primary amides is 1. The summed E-state index contributed by atoms with van der Waals surface area (Å²) in [6.07, 6.45) is 4.03. The van der Waals surface area contributed by atoms with Gasteiger partial charge in [0, 0.05) is 43.6 Å². The predicted molar refractivity (Wildman–Crippen MR) is 118 cm³/mol. The van der Waals surface area contributed by atoms with E-state index in [9.17, 15) is 9.59 Å². The second-order valence-corrected chi connectivity index (χ2v) is 7.82. The number of fused-ring (bicyclic) bond motifs is 1. The first kappa shape index (κ1) is 21.7. The number of aryl methyl sites for hydroxylation is 2. The van der Waals surface area contributed by atoms with Crippen LogP contribution < -0.4 is 16.0 Å². The molecule has 0 atom stereocenters. The first-order chi connectivity index (χ1) is 15.4. The van der Waals surface area contributed by atoms with E-state index < -0.39 is 5.91 Å². The van der Waals surface area contributed by atoms with Crippen LogP contribution in [-0.2, 0) is 22.5 Å². The molecule has 10 nitrogen and oxygen atoms in total. The van der Waals surface area contributed by atoms with E-state index in [1.165, 1.54) is 6.20 Å². The molecule has 3 aromatic heterocycles. The van der Waals surface area contributed by atoms with Gasteiger partial charge in [0.05, 0.1) is 19.4 Å². The molecule has 32 heavy (non-hydrogen) atoms. The summed E-state index contributed by atoms with van der Waals surface area (Å²) in [6.45, 7) is 7.23. The molecule has 1 fully saturated rings. The Morgan fingerprint density at radius 2 is 2.03 bits per heavy atom. The number of amides is 2. The molecule has 4 heterocycles. The zero-order chi connectivity index (χ0) is 22.7. The fourth-order valence-corrected chi connectivity index (χ4v) is 3.91. The van der Waals surface area contributed by atoms with Crippen LogP contribution in [0.5, 0.6) is 0 Å². The van der Waals surface area contributed by atoms with Gasteiger partial charge in [-0.05, 0) is 43.5 Å². The van der Waals surface area contributed by atoms with E-state index in [1.807, 2.05) is 26.0 Å². The van der Waals surface area contributed by atoms with Crippen LogP contribution in [0.15, 0.2) is 24.5 Å². The summed E-state index contributed by atoms with van der Waals surface area (Å²) in [7, 11) is 0. The number of carbonyl (C=O) groups is 2. The summed E-state index contributed by atoms with van der Waals surface area (Å²) in [5.74, 6) is 0.290. The van der Waals surface area contributed by atoms with Gasteiger partial charge < -0.3 is 20.7 Å². The summed E-state index contributed by atoms with van der Waals surface area (Å²) >= 11 is 0. The van der Waals surface area contributed by atoms with Crippen molar-refractivity contribution in [2.45, 2.75) is 33.2 Å². The molecule has 1 aliphatic heterocycles. The predicted octanol–water partition coefficient (Wildman–Crippen LogP) is 0.926. The zero-order valence-electron chi connectivity index (χ0n) is 18.3. The van der Waals surface area contributed by atoms with E-state index >= 15 is 0 Å². The maximum atomic E-state index is 12.5. The van der Waals surface area contributed by atoms with Crippen molar-refractivity contribution in [3.8, 4) is 0 Å². The highest BCUT2D eigenvalue weighted by Crippen LogP contribution is 2.19. The highest BCUT2D eigenvalue weighted by atomic mass is 16.5. The number of rotatable bonds is 7. The van der Waals surface area contributed by atoms with Crippen LogP contribution in [0.4, 0.5) is 5.82 Å². The van der Waals surface area contributed by atoms with Gasteiger partial charge in [-0.15, -0.1) is 0 Å². The summed E-state index contributed by atoms with van der Waals surface area (Å²) < 4.78 is 6.99. The van der Waals surface area contributed by atoms with Gasteiger partial charge >= 0.3 is 0 Å². The lowest BCUT2D eigenvalue weighted by Crippen LogP contribution is -2.36. The average molecular weight is 438 g/mol. The van der Waals surface area contributed by atoms with Crippen LogP contribution in [0.3, 0.4) is 0 Å². The van der Waals surface area contributed by atoms with Gasteiger partial charge in [-0.2, -0.15) is 5.10 Å². The third-order valence-electron chi connectivity index (χ3n) is 5.71. The molecule has 1 saturated heterocycles. The lowest BCUT2D eigenvalue weighted by Gasteiger charge is -2.28. The molecule has 168 valence electrons. The molecular formula is C22H27N7O3. The molecule has 0 spiro atoms. The Balaban J connectivity index is 1.37. The van der Waals surface area contributed by atoms with Crippen LogP contribution in [0.2, 0.25) is 0 Å². The molecule has 0 aliphatic carbocycles. The van der Waals surface area contributed by atoms with Crippen LogP contribution in [0.25, 0.3) is 5.65 Å². The minimum atomic E-state index is -0.564. The number of nitrogens with zero attached hydrogens (tertiary/aromatic N) is 5. The molecular weight excluding hydrogens is 410 g/mol. The monoisotopic (exact) mass is 437 g/mol. The first-order valence-electron chi connectivity index (χ1n) is 10.6. The third kappa shape index (κ3) is 4.54. The summed E-state index contributed by atoms with van der Waals surface area (Å²) in [5.41, 5.74) is 9.66. The highest BCUT2D eigenvalue weighted by Gasteiger charge is 2.17. The summed E-state index contributed by atoms with van der Waals surface area (Å²) in [5, 5.41) is 7.21. The van der Waals surface area contributed by atoms with Crippen molar-refractivity contribution in [3.63, 3.8) is 0 Å². The molecule has 3 aromatic rings. The van der Waals surface area contributed by atoms with E-state index in [1.54, 1.807) is 10.7 Å². The van der Waals surface area contributed by atoms with Gasteiger partial charge in [0.1, 0.15) is 11.4 Å². The smallest absolute Gasteiger partial charge is 0.254 e. The van der Waals surface area contributed by atoms with Gasteiger partial charge in [0.25, 0.3) is 5.91 Å². The fourth-order valence-electron chi connectivity index (χ4n) is 3.91. The standard InChI is InChI=1S/C22H27N7O3/c1-14-17(15(2)29-22(27-14)18(13-26-29)21(23)31)3-4-20(30)25-12-16-5-6-24-19(11-16)28-7-9-32-10-8-28/h5-6,11,13H,3-4,7-10,12H2,1-2H3,(H2,23,31)(H,25,30). The molecule has 0 radical (unpaired) electrons. The lowest BCUT2D eigenvalue weighted by molar-refractivity contribution is -0.121. The second-order valence-electron chi connectivity index (χ2n) is 7.82. The van der Waals surface area contributed by atoms with Gasteiger partial charge in [-0.1, -0.05) is 0 Å². The van der Waals surface area contributed by atoms with Crippen molar-refractivity contribution in [2.24, 2.45) is 5.73 Å². The Bertz CT molecular complexity index is 1150.